The Bertz CT molecular complexity index is 394. The summed E-state index contributed by atoms with van der Waals surface area (Å²) >= 11 is 2.25. The number of rotatable bonds is 3. The van der Waals surface area contributed by atoms with Gasteiger partial charge in [-0.15, -0.1) is 12.4 Å². The zero-order valence-electron chi connectivity index (χ0n) is 10.1. The number of anilines is 1. The zero-order valence-corrected chi connectivity index (χ0v) is 13.1. The Morgan fingerprint density at radius 2 is 2.11 bits per heavy atom. The molecular weight excluding hydrogens is 363 g/mol. The highest BCUT2D eigenvalue weighted by molar-refractivity contribution is 14.1. The second-order valence-corrected chi connectivity index (χ2v) is 5.70. The number of carbonyl (C=O) groups is 1. The van der Waals surface area contributed by atoms with Crippen molar-refractivity contribution in [2.24, 2.45) is 5.92 Å². The molecule has 0 unspecified atom stereocenters. The SMILES string of the molecule is Cl.O=C(CC1CCNCC1)Nc1cccc(I)c1. The lowest BCUT2D eigenvalue weighted by molar-refractivity contribution is -0.117. The van der Waals surface area contributed by atoms with Crippen LogP contribution in [-0.2, 0) is 4.79 Å². The number of hydrogen-bond donors (Lipinski definition) is 2. The van der Waals surface area contributed by atoms with Crippen molar-refractivity contribution in [3.05, 3.63) is 27.8 Å². The quantitative estimate of drug-likeness (QED) is 0.792. The normalized spacial score (nSPS) is 15.8. The number of amides is 1. The highest BCUT2D eigenvalue weighted by Gasteiger charge is 2.16. The maximum Gasteiger partial charge on any atom is 0.224 e. The van der Waals surface area contributed by atoms with E-state index in [1.165, 1.54) is 0 Å². The summed E-state index contributed by atoms with van der Waals surface area (Å²) in [6, 6.07) is 7.90. The van der Waals surface area contributed by atoms with Crippen LogP contribution in [0.4, 0.5) is 5.69 Å². The standard InChI is InChI=1S/C13H17IN2O.ClH/c14-11-2-1-3-12(9-11)16-13(17)8-10-4-6-15-7-5-10;/h1-3,9-10,15H,4-8H2,(H,16,17);1H. The molecule has 1 aliphatic heterocycles. The van der Waals surface area contributed by atoms with Crippen molar-refractivity contribution < 1.29 is 4.79 Å². The first-order valence-electron chi connectivity index (χ1n) is 6.00. The van der Waals surface area contributed by atoms with Crippen molar-refractivity contribution in [3.63, 3.8) is 0 Å². The second-order valence-electron chi connectivity index (χ2n) is 4.46. The van der Waals surface area contributed by atoms with Gasteiger partial charge in [-0.3, -0.25) is 4.79 Å². The Hall–Kier alpha value is -0.330. The van der Waals surface area contributed by atoms with E-state index in [1.807, 2.05) is 24.3 Å². The third-order valence-corrected chi connectivity index (χ3v) is 3.71. The van der Waals surface area contributed by atoms with Crippen molar-refractivity contribution in [1.29, 1.82) is 0 Å². The lowest BCUT2D eigenvalue weighted by Crippen LogP contribution is -2.30. The Labute approximate surface area is 128 Å². The Morgan fingerprint density at radius 3 is 2.78 bits per heavy atom. The largest absolute Gasteiger partial charge is 0.326 e. The van der Waals surface area contributed by atoms with E-state index in [-0.39, 0.29) is 18.3 Å². The van der Waals surface area contributed by atoms with Gasteiger partial charge in [-0.1, -0.05) is 6.07 Å². The molecule has 2 rings (SSSR count). The van der Waals surface area contributed by atoms with Gasteiger partial charge in [0.05, 0.1) is 0 Å². The van der Waals surface area contributed by atoms with Gasteiger partial charge >= 0.3 is 0 Å². The summed E-state index contributed by atoms with van der Waals surface area (Å²) in [5.41, 5.74) is 0.899. The van der Waals surface area contributed by atoms with Crippen molar-refractivity contribution >= 4 is 46.6 Å². The van der Waals surface area contributed by atoms with E-state index in [4.69, 9.17) is 0 Å². The predicted molar refractivity (Wildman–Crippen MR) is 85.2 cm³/mol. The van der Waals surface area contributed by atoms with E-state index in [2.05, 4.69) is 33.2 Å². The highest BCUT2D eigenvalue weighted by Crippen LogP contribution is 2.18. The Kier molecular flexibility index (Phi) is 6.96. The molecule has 100 valence electrons. The molecule has 1 saturated heterocycles. The van der Waals surface area contributed by atoms with E-state index >= 15 is 0 Å². The average Bonchev–Trinajstić information content (AvgIpc) is 2.30. The third kappa shape index (κ3) is 5.12. The molecule has 0 atom stereocenters. The first kappa shape index (κ1) is 15.7. The van der Waals surface area contributed by atoms with Crippen LogP contribution >= 0.6 is 35.0 Å². The molecule has 1 aromatic carbocycles. The van der Waals surface area contributed by atoms with Crippen LogP contribution in [0.3, 0.4) is 0 Å². The van der Waals surface area contributed by atoms with Crippen molar-refractivity contribution in [1.82, 2.24) is 5.32 Å². The number of nitrogens with one attached hydrogen (secondary N) is 2. The van der Waals surface area contributed by atoms with Gasteiger partial charge in [-0.2, -0.15) is 0 Å². The third-order valence-electron chi connectivity index (χ3n) is 3.04. The molecule has 1 heterocycles. The van der Waals surface area contributed by atoms with E-state index in [0.29, 0.717) is 12.3 Å². The fraction of sp³-hybridized carbons (Fsp3) is 0.462. The monoisotopic (exact) mass is 380 g/mol. The van der Waals surface area contributed by atoms with Crippen LogP contribution in [0.2, 0.25) is 0 Å². The summed E-state index contributed by atoms with van der Waals surface area (Å²) in [6.07, 6.45) is 2.87. The minimum absolute atomic E-state index is 0. The van der Waals surface area contributed by atoms with Gasteiger partial charge in [0.25, 0.3) is 0 Å². The molecule has 1 aliphatic rings. The summed E-state index contributed by atoms with van der Waals surface area (Å²) in [7, 11) is 0. The van der Waals surface area contributed by atoms with E-state index in [9.17, 15) is 4.79 Å². The Morgan fingerprint density at radius 1 is 1.39 bits per heavy atom. The summed E-state index contributed by atoms with van der Waals surface area (Å²) in [5, 5.41) is 6.28. The van der Waals surface area contributed by atoms with Crippen molar-refractivity contribution in [2.45, 2.75) is 19.3 Å². The smallest absolute Gasteiger partial charge is 0.224 e. The van der Waals surface area contributed by atoms with E-state index in [0.717, 1.165) is 35.2 Å². The predicted octanol–water partition coefficient (Wildman–Crippen LogP) is 3.04. The molecular formula is C13H18ClIN2O. The van der Waals surface area contributed by atoms with E-state index < -0.39 is 0 Å². The molecule has 0 aromatic heterocycles. The van der Waals surface area contributed by atoms with E-state index in [1.54, 1.807) is 0 Å². The zero-order chi connectivity index (χ0) is 12.1. The Balaban J connectivity index is 0.00000162. The first-order chi connectivity index (χ1) is 8.24. The topological polar surface area (TPSA) is 41.1 Å². The molecule has 0 radical (unpaired) electrons. The van der Waals surface area contributed by atoms with Crippen molar-refractivity contribution in [3.8, 4) is 0 Å². The molecule has 2 N–H and O–H groups in total. The first-order valence-corrected chi connectivity index (χ1v) is 7.08. The highest BCUT2D eigenvalue weighted by atomic mass is 127. The number of hydrogen-bond acceptors (Lipinski definition) is 2. The molecule has 1 aromatic rings. The molecule has 1 fully saturated rings. The minimum atomic E-state index is 0. The fourth-order valence-corrected chi connectivity index (χ4v) is 2.67. The maximum absolute atomic E-state index is 11.9. The van der Waals surface area contributed by atoms with Gasteiger partial charge in [-0.05, 0) is 72.6 Å². The number of carbonyl (C=O) groups excluding carboxylic acids is 1. The molecule has 0 bridgehead atoms. The summed E-state index contributed by atoms with van der Waals surface area (Å²) in [6.45, 7) is 2.09. The summed E-state index contributed by atoms with van der Waals surface area (Å²) < 4.78 is 1.14. The van der Waals surface area contributed by atoms with Gasteiger partial charge in [-0.25, -0.2) is 0 Å². The van der Waals surface area contributed by atoms with Crippen molar-refractivity contribution in [2.75, 3.05) is 18.4 Å². The van der Waals surface area contributed by atoms with Crippen LogP contribution in [0.25, 0.3) is 0 Å². The summed E-state index contributed by atoms with van der Waals surface area (Å²) in [4.78, 5) is 11.9. The average molecular weight is 381 g/mol. The molecule has 5 heteroatoms. The van der Waals surface area contributed by atoms with Crippen LogP contribution in [0.15, 0.2) is 24.3 Å². The van der Waals surface area contributed by atoms with Crippen LogP contribution in [0.5, 0.6) is 0 Å². The van der Waals surface area contributed by atoms with Gasteiger partial charge in [0.1, 0.15) is 0 Å². The van der Waals surface area contributed by atoms with Gasteiger partial charge in [0.15, 0.2) is 0 Å². The van der Waals surface area contributed by atoms with Gasteiger partial charge in [0, 0.05) is 15.7 Å². The number of halogens is 2. The molecule has 0 aliphatic carbocycles. The lowest BCUT2D eigenvalue weighted by Gasteiger charge is -2.21. The number of benzene rings is 1. The molecule has 3 nitrogen and oxygen atoms in total. The lowest BCUT2D eigenvalue weighted by atomic mass is 9.94. The van der Waals surface area contributed by atoms with Gasteiger partial charge in [0.2, 0.25) is 5.91 Å². The summed E-state index contributed by atoms with van der Waals surface area (Å²) in [5.74, 6) is 0.679. The molecule has 0 saturated carbocycles. The van der Waals surface area contributed by atoms with Crippen LogP contribution in [-0.4, -0.2) is 19.0 Å². The second kappa shape index (κ2) is 7.96. The van der Waals surface area contributed by atoms with Crippen LogP contribution < -0.4 is 10.6 Å². The van der Waals surface area contributed by atoms with Crippen LogP contribution in [0.1, 0.15) is 19.3 Å². The maximum atomic E-state index is 11.9. The number of piperidine rings is 1. The van der Waals surface area contributed by atoms with Crippen LogP contribution in [0, 0.1) is 9.49 Å². The minimum Gasteiger partial charge on any atom is -0.326 e. The van der Waals surface area contributed by atoms with Gasteiger partial charge < -0.3 is 10.6 Å². The molecule has 1 amide bonds. The molecule has 18 heavy (non-hydrogen) atoms. The fourth-order valence-electron chi connectivity index (χ4n) is 2.13. The molecule has 0 spiro atoms.